The summed E-state index contributed by atoms with van der Waals surface area (Å²) < 4.78 is 14.5. The van der Waals surface area contributed by atoms with Crippen LogP contribution in [-0.4, -0.2) is 34.9 Å². The van der Waals surface area contributed by atoms with Crippen molar-refractivity contribution in [3.8, 4) is 0 Å². The number of hydrogen-bond acceptors (Lipinski definition) is 4. The minimum Gasteiger partial charge on any atom is -0.350 e. The number of nitrogens with one attached hydrogen (secondary N) is 2. The molecule has 0 atom stereocenters. The van der Waals surface area contributed by atoms with Crippen LogP contribution in [0.25, 0.3) is 0 Å². The van der Waals surface area contributed by atoms with Crippen molar-refractivity contribution in [1.82, 2.24) is 15.2 Å². The van der Waals surface area contributed by atoms with Crippen molar-refractivity contribution < 1.29 is 14.0 Å². The molecule has 27 heavy (non-hydrogen) atoms. The fourth-order valence-corrected chi connectivity index (χ4v) is 3.89. The summed E-state index contributed by atoms with van der Waals surface area (Å²) in [7, 11) is 0. The predicted octanol–water partition coefficient (Wildman–Crippen LogP) is 3.91. The van der Waals surface area contributed by atoms with E-state index < -0.39 is 5.82 Å². The lowest BCUT2D eigenvalue weighted by Gasteiger charge is -2.31. The van der Waals surface area contributed by atoms with Crippen LogP contribution >= 0.6 is 27.3 Å². The third-order valence-electron chi connectivity index (χ3n) is 4.44. The van der Waals surface area contributed by atoms with Crippen LogP contribution in [0.2, 0.25) is 0 Å². The highest BCUT2D eigenvalue weighted by molar-refractivity contribution is 9.10. The Morgan fingerprint density at radius 3 is 2.74 bits per heavy atom. The quantitative estimate of drug-likeness (QED) is 0.734. The molecule has 1 aromatic carbocycles. The fraction of sp³-hybridized carbons (Fsp3) is 0.389. The largest absolute Gasteiger partial charge is 0.350 e. The molecule has 3 rings (SSSR count). The maximum absolute atomic E-state index is 13.9. The Balaban J connectivity index is 1.46. The topological polar surface area (TPSA) is 74.3 Å². The smallest absolute Gasteiger partial charge is 0.321 e. The van der Waals surface area contributed by atoms with E-state index in [0.717, 1.165) is 10.7 Å². The molecule has 0 bridgehead atoms. The maximum Gasteiger partial charge on any atom is 0.321 e. The van der Waals surface area contributed by atoms with Crippen LogP contribution in [0.5, 0.6) is 0 Å². The van der Waals surface area contributed by atoms with E-state index >= 15 is 0 Å². The summed E-state index contributed by atoms with van der Waals surface area (Å²) >= 11 is 4.74. The van der Waals surface area contributed by atoms with Gasteiger partial charge in [-0.3, -0.25) is 4.79 Å². The van der Waals surface area contributed by atoms with Gasteiger partial charge in [0.05, 0.1) is 22.9 Å². The van der Waals surface area contributed by atoms with Gasteiger partial charge in [0.25, 0.3) is 0 Å². The van der Waals surface area contributed by atoms with Crippen molar-refractivity contribution in [3.63, 3.8) is 0 Å². The average molecular weight is 455 g/mol. The van der Waals surface area contributed by atoms with E-state index in [2.05, 4.69) is 31.5 Å². The highest BCUT2D eigenvalue weighted by Crippen LogP contribution is 2.22. The zero-order valence-electron chi connectivity index (χ0n) is 14.8. The van der Waals surface area contributed by atoms with Gasteiger partial charge in [0.1, 0.15) is 5.82 Å². The molecule has 2 heterocycles. The third kappa shape index (κ3) is 5.26. The van der Waals surface area contributed by atoms with Gasteiger partial charge in [0.15, 0.2) is 0 Å². The second-order valence-corrected chi connectivity index (χ2v) is 8.37. The van der Waals surface area contributed by atoms with Crippen LogP contribution in [0.4, 0.5) is 14.9 Å². The Bertz CT molecular complexity index is 837. The molecule has 1 aliphatic heterocycles. The van der Waals surface area contributed by atoms with Crippen LogP contribution in [0.1, 0.15) is 23.5 Å². The van der Waals surface area contributed by atoms with Gasteiger partial charge < -0.3 is 15.5 Å². The van der Waals surface area contributed by atoms with Crippen LogP contribution in [0, 0.1) is 18.7 Å². The van der Waals surface area contributed by atoms with E-state index in [4.69, 9.17) is 0 Å². The number of carbonyl (C=O) groups is 2. The van der Waals surface area contributed by atoms with Gasteiger partial charge in [-0.05, 0) is 38.0 Å². The summed E-state index contributed by atoms with van der Waals surface area (Å²) in [6, 6.07) is 4.13. The van der Waals surface area contributed by atoms with Crippen LogP contribution in [0.15, 0.2) is 28.1 Å². The van der Waals surface area contributed by atoms with Crippen LogP contribution < -0.4 is 10.6 Å². The molecule has 1 aliphatic rings. The third-order valence-corrected chi connectivity index (χ3v) is 5.75. The first-order valence-corrected chi connectivity index (χ1v) is 10.3. The van der Waals surface area contributed by atoms with Gasteiger partial charge in [0.2, 0.25) is 5.91 Å². The minimum atomic E-state index is -0.496. The molecular weight excluding hydrogens is 435 g/mol. The Hall–Kier alpha value is -2.00. The number of benzene rings is 1. The van der Waals surface area contributed by atoms with E-state index in [1.165, 1.54) is 12.1 Å². The number of anilines is 1. The summed E-state index contributed by atoms with van der Waals surface area (Å²) in [6.45, 7) is 3.26. The molecular formula is C18H20BrFN4O2S. The van der Waals surface area contributed by atoms with Gasteiger partial charge in [-0.15, -0.1) is 11.3 Å². The highest BCUT2D eigenvalue weighted by atomic mass is 79.9. The fourth-order valence-electron chi connectivity index (χ4n) is 2.94. The predicted molar refractivity (Wildman–Crippen MR) is 106 cm³/mol. The van der Waals surface area contributed by atoms with Crippen LogP contribution in [-0.2, 0) is 11.3 Å². The number of thiazole rings is 1. The molecule has 0 radical (unpaired) electrons. The molecule has 0 unspecified atom stereocenters. The number of piperidine rings is 1. The Morgan fingerprint density at radius 1 is 1.37 bits per heavy atom. The average Bonchev–Trinajstić information content (AvgIpc) is 3.07. The van der Waals surface area contributed by atoms with Crippen molar-refractivity contribution in [2.24, 2.45) is 5.92 Å². The Labute approximate surface area is 169 Å². The molecule has 2 N–H and O–H groups in total. The zero-order valence-corrected chi connectivity index (χ0v) is 17.2. The Morgan fingerprint density at radius 2 is 2.11 bits per heavy atom. The van der Waals surface area contributed by atoms with E-state index in [0.29, 0.717) is 36.9 Å². The number of likely N-dealkylation sites (tertiary alicyclic amines) is 1. The van der Waals surface area contributed by atoms with Crippen molar-refractivity contribution in [2.45, 2.75) is 26.3 Å². The number of nitrogens with zero attached hydrogens (tertiary/aromatic N) is 2. The lowest BCUT2D eigenvalue weighted by atomic mass is 9.96. The number of urea groups is 1. The lowest BCUT2D eigenvalue weighted by Crippen LogP contribution is -2.44. The summed E-state index contributed by atoms with van der Waals surface area (Å²) in [5.41, 5.74) is 1.00. The number of rotatable bonds is 4. The minimum absolute atomic E-state index is 0.0142. The van der Waals surface area contributed by atoms with Gasteiger partial charge in [-0.1, -0.05) is 15.9 Å². The first-order chi connectivity index (χ1) is 12.9. The molecule has 1 aromatic heterocycles. The summed E-state index contributed by atoms with van der Waals surface area (Å²) in [5, 5.41) is 8.40. The van der Waals surface area contributed by atoms with Gasteiger partial charge in [-0.2, -0.15) is 0 Å². The number of hydrogen-bond donors (Lipinski definition) is 2. The van der Waals surface area contributed by atoms with E-state index in [1.807, 2.05) is 12.3 Å². The van der Waals surface area contributed by atoms with E-state index in [1.54, 1.807) is 22.3 Å². The summed E-state index contributed by atoms with van der Waals surface area (Å²) in [4.78, 5) is 30.6. The summed E-state index contributed by atoms with van der Waals surface area (Å²) in [6.07, 6.45) is 1.16. The molecule has 2 aromatic rings. The number of amides is 3. The number of halogens is 2. The summed E-state index contributed by atoms with van der Waals surface area (Å²) in [5.74, 6) is -0.637. The van der Waals surface area contributed by atoms with Crippen molar-refractivity contribution >= 4 is 44.9 Å². The van der Waals surface area contributed by atoms with Crippen molar-refractivity contribution in [2.75, 3.05) is 18.4 Å². The number of aryl methyl sites for hydroxylation is 1. The van der Waals surface area contributed by atoms with Crippen molar-refractivity contribution in [1.29, 1.82) is 0 Å². The van der Waals surface area contributed by atoms with E-state index in [9.17, 15) is 14.0 Å². The standard InChI is InChI=1S/C18H20BrFN4O2S/c1-11-22-14(10-27-11)9-21-17(25)12-4-6-24(7-5-12)18(26)23-16-3-2-13(19)8-15(16)20/h2-3,8,10,12H,4-7,9H2,1H3,(H,21,25)(H,23,26). The molecule has 0 saturated carbocycles. The lowest BCUT2D eigenvalue weighted by molar-refractivity contribution is -0.126. The SMILES string of the molecule is Cc1nc(CNC(=O)C2CCN(C(=O)Nc3ccc(Br)cc3F)CC2)cs1. The molecule has 3 amide bonds. The molecule has 144 valence electrons. The van der Waals surface area contributed by atoms with Crippen molar-refractivity contribution in [3.05, 3.63) is 44.6 Å². The maximum atomic E-state index is 13.9. The highest BCUT2D eigenvalue weighted by Gasteiger charge is 2.27. The second-order valence-electron chi connectivity index (χ2n) is 6.39. The number of carbonyl (C=O) groups excluding carboxylic acids is 2. The van der Waals surface area contributed by atoms with Gasteiger partial charge >= 0.3 is 6.03 Å². The normalized spacial score (nSPS) is 14.9. The first-order valence-electron chi connectivity index (χ1n) is 8.62. The number of aromatic nitrogens is 1. The molecule has 6 nitrogen and oxygen atoms in total. The van der Waals surface area contributed by atoms with Crippen LogP contribution in [0.3, 0.4) is 0 Å². The van der Waals surface area contributed by atoms with Gasteiger partial charge in [0, 0.05) is 28.9 Å². The molecule has 0 spiro atoms. The van der Waals surface area contributed by atoms with E-state index in [-0.39, 0.29) is 23.5 Å². The second kappa shape index (κ2) is 8.79. The zero-order chi connectivity index (χ0) is 19.4. The monoisotopic (exact) mass is 454 g/mol. The molecule has 0 aliphatic carbocycles. The Kier molecular flexibility index (Phi) is 6.43. The molecule has 9 heteroatoms. The van der Waals surface area contributed by atoms with Gasteiger partial charge in [-0.25, -0.2) is 14.2 Å². The molecule has 1 saturated heterocycles. The first kappa shape index (κ1) is 19.8. The molecule has 1 fully saturated rings.